The van der Waals surface area contributed by atoms with Gasteiger partial charge in [0.1, 0.15) is 0 Å². The van der Waals surface area contributed by atoms with E-state index in [9.17, 15) is 10.2 Å². The second-order valence-electron chi connectivity index (χ2n) is 11.8. The quantitative estimate of drug-likeness (QED) is 0.280. The number of aliphatic hydroxyl groups excluding tert-OH is 2. The second kappa shape index (κ2) is 11.2. The zero-order chi connectivity index (χ0) is 24.5. The first kappa shape index (κ1) is 28.0. The first-order valence-electron chi connectivity index (χ1n) is 12.8. The molecule has 3 aromatic rings. The van der Waals surface area contributed by atoms with Crippen molar-refractivity contribution < 1.29 is 30.3 Å². The standard InChI is InChI=1S/C16H12N.C15H28O2.Ir/c1-12-6-5-9-14-10-16(17-11-15(12)14)13-7-3-2-4-8-13;1-14(2)8-5-6-10-7-9-15(3,4)13(17)11(10)12(14)16;/h2-7,9-11H,1H3;10-13,16-17H,5-9H2,1-4H3;/q-1;;. The summed E-state index contributed by atoms with van der Waals surface area (Å²) in [5.41, 5.74) is 3.19. The maximum absolute atomic E-state index is 10.7. The number of aliphatic hydroxyl groups is 2. The molecule has 4 unspecified atom stereocenters. The van der Waals surface area contributed by atoms with Gasteiger partial charge < -0.3 is 15.2 Å². The molecule has 3 nitrogen and oxygen atoms in total. The van der Waals surface area contributed by atoms with Crippen LogP contribution in [0.15, 0.2) is 54.7 Å². The van der Waals surface area contributed by atoms with Crippen LogP contribution in [0.2, 0.25) is 0 Å². The van der Waals surface area contributed by atoms with Gasteiger partial charge >= 0.3 is 0 Å². The number of aryl methyl sites for hydroxylation is 1. The largest absolute Gasteiger partial charge is 0.392 e. The van der Waals surface area contributed by atoms with Crippen LogP contribution in [0.25, 0.3) is 22.0 Å². The van der Waals surface area contributed by atoms with Crippen LogP contribution in [-0.4, -0.2) is 27.4 Å². The van der Waals surface area contributed by atoms with Gasteiger partial charge in [-0.3, -0.25) is 0 Å². The number of pyridine rings is 1. The van der Waals surface area contributed by atoms with Gasteiger partial charge in [0, 0.05) is 37.6 Å². The number of fused-ring (bicyclic) bond motifs is 2. The van der Waals surface area contributed by atoms with Crippen molar-refractivity contribution in [2.24, 2.45) is 22.7 Å². The van der Waals surface area contributed by atoms with E-state index in [1.807, 2.05) is 30.5 Å². The van der Waals surface area contributed by atoms with Crippen LogP contribution in [0.1, 0.15) is 65.4 Å². The molecule has 2 aromatic carbocycles. The van der Waals surface area contributed by atoms with Crippen molar-refractivity contribution in [2.45, 2.75) is 78.9 Å². The fraction of sp³-hybridized carbons (Fsp3) is 0.516. The Morgan fingerprint density at radius 2 is 1.63 bits per heavy atom. The van der Waals surface area contributed by atoms with Gasteiger partial charge in [0.15, 0.2) is 0 Å². The van der Waals surface area contributed by atoms with Crippen LogP contribution in [0.4, 0.5) is 0 Å². The van der Waals surface area contributed by atoms with Gasteiger partial charge in [-0.05, 0) is 66.0 Å². The van der Waals surface area contributed by atoms with Crippen LogP contribution in [0.3, 0.4) is 0 Å². The molecule has 2 saturated carbocycles. The molecule has 0 amide bonds. The molecule has 2 N–H and O–H groups in total. The molecule has 35 heavy (non-hydrogen) atoms. The van der Waals surface area contributed by atoms with E-state index in [2.05, 4.69) is 69.9 Å². The van der Waals surface area contributed by atoms with E-state index in [1.54, 1.807) is 0 Å². The molecule has 0 aliphatic heterocycles. The third-order valence-electron chi connectivity index (χ3n) is 8.40. The van der Waals surface area contributed by atoms with E-state index in [4.69, 9.17) is 0 Å². The summed E-state index contributed by atoms with van der Waals surface area (Å²) < 4.78 is 0. The van der Waals surface area contributed by atoms with Crippen LogP contribution in [0, 0.1) is 35.7 Å². The third-order valence-corrected chi connectivity index (χ3v) is 8.40. The van der Waals surface area contributed by atoms with Gasteiger partial charge in [0.05, 0.1) is 12.2 Å². The molecule has 4 heteroatoms. The molecule has 1 aromatic heterocycles. The Morgan fingerprint density at radius 1 is 0.914 bits per heavy atom. The monoisotopic (exact) mass is 651 g/mol. The molecule has 2 aliphatic rings. The maximum Gasteiger partial charge on any atom is 0.0646 e. The van der Waals surface area contributed by atoms with Crippen molar-refractivity contribution in [1.29, 1.82) is 0 Å². The minimum Gasteiger partial charge on any atom is -0.392 e. The van der Waals surface area contributed by atoms with Crippen molar-refractivity contribution in [3.63, 3.8) is 0 Å². The summed E-state index contributed by atoms with van der Waals surface area (Å²) in [6.45, 7) is 10.7. The molecular formula is C31H40IrNO2-. The molecular weight excluding hydrogens is 611 g/mol. The SMILES string of the molecule is CC1(C)CCCC2CCC(C)(C)C(O)C2C1O.Cc1cccc2cc(-c3[c-]cccc3)ncc12.[Ir]. The van der Waals surface area contributed by atoms with Crippen molar-refractivity contribution in [2.75, 3.05) is 0 Å². The number of rotatable bonds is 1. The number of benzene rings is 2. The first-order chi connectivity index (χ1) is 16.1. The smallest absolute Gasteiger partial charge is 0.0646 e. The van der Waals surface area contributed by atoms with Crippen molar-refractivity contribution in [3.8, 4) is 11.3 Å². The minimum atomic E-state index is -0.357. The van der Waals surface area contributed by atoms with E-state index in [1.165, 1.54) is 35.6 Å². The average Bonchev–Trinajstić information content (AvgIpc) is 2.93. The number of hydrogen-bond acceptors (Lipinski definition) is 3. The molecule has 5 rings (SSSR count). The fourth-order valence-corrected chi connectivity index (χ4v) is 5.96. The van der Waals surface area contributed by atoms with Gasteiger partial charge in [-0.2, -0.15) is 0 Å². The van der Waals surface area contributed by atoms with Gasteiger partial charge in [0.25, 0.3) is 0 Å². The summed E-state index contributed by atoms with van der Waals surface area (Å²) in [6.07, 6.45) is 6.94. The summed E-state index contributed by atoms with van der Waals surface area (Å²) >= 11 is 0. The summed E-state index contributed by atoms with van der Waals surface area (Å²) in [5.74, 6) is 0.603. The van der Waals surface area contributed by atoms with E-state index in [0.29, 0.717) is 5.92 Å². The van der Waals surface area contributed by atoms with Gasteiger partial charge in [-0.15, -0.1) is 35.9 Å². The Bertz CT molecular complexity index is 1110. The first-order valence-corrected chi connectivity index (χ1v) is 12.8. The third kappa shape index (κ3) is 6.05. The van der Waals surface area contributed by atoms with Crippen LogP contribution in [0.5, 0.6) is 0 Å². The topological polar surface area (TPSA) is 53.4 Å². The Morgan fingerprint density at radius 3 is 2.31 bits per heavy atom. The predicted octanol–water partition coefficient (Wildman–Crippen LogP) is 6.98. The van der Waals surface area contributed by atoms with Crippen molar-refractivity contribution in [3.05, 3.63) is 66.4 Å². The zero-order valence-electron chi connectivity index (χ0n) is 21.7. The Labute approximate surface area is 224 Å². The summed E-state index contributed by atoms with van der Waals surface area (Å²) in [4.78, 5) is 4.51. The number of hydrogen-bond donors (Lipinski definition) is 2. The Balaban J connectivity index is 0.000000190. The molecule has 2 fully saturated rings. The van der Waals surface area contributed by atoms with E-state index >= 15 is 0 Å². The van der Waals surface area contributed by atoms with Crippen molar-refractivity contribution >= 4 is 10.8 Å². The van der Waals surface area contributed by atoms with E-state index in [-0.39, 0.29) is 49.1 Å². The summed E-state index contributed by atoms with van der Waals surface area (Å²) in [5, 5.41) is 23.7. The van der Waals surface area contributed by atoms with Crippen LogP contribution >= 0.6 is 0 Å². The normalized spacial score (nSPS) is 26.9. The molecule has 1 heterocycles. The van der Waals surface area contributed by atoms with E-state index < -0.39 is 0 Å². The molecule has 0 bridgehead atoms. The van der Waals surface area contributed by atoms with Crippen molar-refractivity contribution in [1.82, 2.24) is 4.98 Å². The van der Waals surface area contributed by atoms with Gasteiger partial charge in [0.2, 0.25) is 0 Å². The molecule has 191 valence electrons. The minimum absolute atomic E-state index is 0. The fourth-order valence-electron chi connectivity index (χ4n) is 5.96. The predicted molar refractivity (Wildman–Crippen MR) is 140 cm³/mol. The molecule has 1 radical (unpaired) electrons. The second-order valence-corrected chi connectivity index (χ2v) is 11.8. The van der Waals surface area contributed by atoms with Crippen LogP contribution < -0.4 is 0 Å². The Kier molecular flexibility index (Phi) is 8.97. The summed E-state index contributed by atoms with van der Waals surface area (Å²) in [6, 6.07) is 19.6. The molecule has 0 spiro atoms. The average molecular weight is 651 g/mol. The van der Waals surface area contributed by atoms with Gasteiger partial charge in [-0.1, -0.05) is 58.4 Å². The summed E-state index contributed by atoms with van der Waals surface area (Å²) in [7, 11) is 0. The molecule has 4 atom stereocenters. The molecule has 2 aliphatic carbocycles. The number of aromatic nitrogens is 1. The van der Waals surface area contributed by atoms with Crippen LogP contribution in [-0.2, 0) is 20.1 Å². The van der Waals surface area contributed by atoms with Gasteiger partial charge in [-0.25, -0.2) is 0 Å². The van der Waals surface area contributed by atoms with E-state index in [0.717, 1.165) is 24.1 Å². The number of nitrogens with zero attached hydrogens (tertiary/aromatic N) is 1. The zero-order valence-corrected chi connectivity index (χ0v) is 24.1. The Hall–Kier alpha value is -1.58. The molecule has 0 saturated heterocycles. The maximum atomic E-state index is 10.7.